The standard InChI is InChI=1S/C18H16IN5O3S/c1-27-13-8-24-10(3-5-22-24)6-12(13)23-16-15-11-2-4-19(18(25)26)7-14(11)28-17(15)21-9-20-16/h3,5-6,8-9H,2,4,7H2,1H3,(H,25,26)(H,20,21,23). The Labute approximate surface area is 171 Å². The molecule has 0 saturated heterocycles. The van der Waals surface area contributed by atoms with Gasteiger partial charge in [0.25, 0.3) is 0 Å². The number of halogens is 1. The molecule has 0 aromatic carbocycles. The van der Waals surface area contributed by atoms with E-state index in [4.69, 9.17) is 4.74 Å². The third-order valence-electron chi connectivity index (χ3n) is 4.73. The number of hydrogen-bond acceptors (Lipinski definition) is 7. The van der Waals surface area contributed by atoms with Crippen molar-refractivity contribution in [3.05, 3.63) is 41.3 Å². The number of hydrogen-bond donors (Lipinski definition) is 2. The van der Waals surface area contributed by atoms with Crippen LogP contribution >= 0.6 is 31.2 Å². The second kappa shape index (κ2) is 6.85. The molecule has 2 N–H and O–H groups in total. The Hall–Kier alpha value is -2.47. The molecule has 1 aliphatic rings. The number of alkyl halides is 2. The van der Waals surface area contributed by atoms with E-state index < -0.39 is 23.8 Å². The number of methoxy groups -OCH3 is 1. The molecule has 1 aliphatic heterocycles. The summed E-state index contributed by atoms with van der Waals surface area (Å²) in [5.41, 5.74) is 2.93. The van der Waals surface area contributed by atoms with E-state index in [0.29, 0.717) is 10.2 Å². The number of nitrogens with zero attached hydrogens (tertiary/aromatic N) is 4. The molecule has 10 heteroatoms. The second-order valence-electron chi connectivity index (χ2n) is 6.27. The molecule has 4 aromatic rings. The van der Waals surface area contributed by atoms with Crippen LogP contribution in [0.25, 0.3) is 15.7 Å². The van der Waals surface area contributed by atoms with Crippen molar-refractivity contribution in [1.82, 2.24) is 19.6 Å². The molecule has 0 amide bonds. The normalized spacial score (nSPS) is 15.0. The zero-order valence-corrected chi connectivity index (χ0v) is 17.8. The molecule has 0 spiro atoms. The van der Waals surface area contributed by atoms with Gasteiger partial charge in [-0.25, -0.2) is 0 Å². The number of carbonyl (C=O) groups is 1. The van der Waals surface area contributed by atoms with Gasteiger partial charge in [0.1, 0.15) is 0 Å². The Balaban J connectivity index is 1.60. The van der Waals surface area contributed by atoms with Gasteiger partial charge in [0.05, 0.1) is 0 Å². The maximum atomic E-state index is 11.5. The van der Waals surface area contributed by atoms with Gasteiger partial charge in [-0.05, 0) is 0 Å². The molecule has 0 radical (unpaired) electrons. The zero-order valence-electron chi connectivity index (χ0n) is 14.8. The second-order valence-corrected chi connectivity index (χ2v) is 12.7. The molecule has 8 nitrogen and oxygen atoms in total. The van der Waals surface area contributed by atoms with Crippen LogP contribution in [0.4, 0.5) is 16.3 Å². The first-order chi connectivity index (χ1) is 13.6. The zero-order chi connectivity index (χ0) is 19.3. The van der Waals surface area contributed by atoms with Crippen LogP contribution in [-0.4, -0.2) is 40.2 Å². The minimum absolute atomic E-state index is 0.574. The van der Waals surface area contributed by atoms with Gasteiger partial charge in [0.15, 0.2) is 0 Å². The quantitative estimate of drug-likeness (QED) is 0.240. The number of pyridine rings is 1. The predicted octanol–water partition coefficient (Wildman–Crippen LogP) is 4.33. The van der Waals surface area contributed by atoms with E-state index >= 15 is 0 Å². The third kappa shape index (κ3) is 2.87. The number of thiophene rings is 1. The van der Waals surface area contributed by atoms with Gasteiger partial charge < -0.3 is 0 Å². The first-order valence-electron chi connectivity index (χ1n) is 8.52. The maximum absolute atomic E-state index is 11.5. The van der Waals surface area contributed by atoms with Crippen LogP contribution in [0, 0.1) is 0 Å². The SMILES string of the molecule is COc1cn2nccc2cc1Nc1ncnc2sc3c(c12)CCI(C(=O)O)C3. The Morgan fingerprint density at radius 1 is 1.43 bits per heavy atom. The van der Waals surface area contributed by atoms with E-state index in [1.165, 1.54) is 5.56 Å². The molecule has 4 aromatic heterocycles. The van der Waals surface area contributed by atoms with Gasteiger partial charge >= 0.3 is 171 Å². The molecule has 144 valence electrons. The molecule has 0 aliphatic carbocycles. The summed E-state index contributed by atoms with van der Waals surface area (Å²) in [4.78, 5) is 22.4. The molecule has 5 heterocycles. The number of fused-ring (bicyclic) bond motifs is 4. The van der Waals surface area contributed by atoms with Gasteiger partial charge in [0, 0.05) is 0 Å². The number of ether oxygens (including phenoxy) is 1. The van der Waals surface area contributed by atoms with Crippen molar-refractivity contribution in [2.24, 2.45) is 0 Å². The Morgan fingerprint density at radius 2 is 2.32 bits per heavy atom. The van der Waals surface area contributed by atoms with Crippen LogP contribution < -0.4 is 10.1 Å². The fraction of sp³-hybridized carbons (Fsp3) is 0.222. The number of aromatic nitrogens is 4. The molecule has 5 rings (SSSR count). The molecule has 0 saturated carbocycles. The molecule has 0 atom stereocenters. The number of carboxylic acid groups (broad SMARTS) is 1. The molecular weight excluding hydrogens is 493 g/mol. The van der Waals surface area contributed by atoms with Crippen molar-refractivity contribution in [3.63, 3.8) is 0 Å². The summed E-state index contributed by atoms with van der Waals surface area (Å²) >= 11 is -0.371. The third-order valence-corrected chi connectivity index (χ3v) is 11.2. The van der Waals surface area contributed by atoms with Gasteiger partial charge in [0.2, 0.25) is 0 Å². The summed E-state index contributed by atoms with van der Waals surface area (Å²) in [6.07, 6.45) is 5.89. The molecular formula is C18H16IN5O3S. The van der Waals surface area contributed by atoms with E-state index in [0.717, 1.165) is 43.0 Å². The van der Waals surface area contributed by atoms with Crippen LogP contribution in [0.3, 0.4) is 0 Å². The summed E-state index contributed by atoms with van der Waals surface area (Å²) < 4.78 is 8.20. The van der Waals surface area contributed by atoms with Gasteiger partial charge in [-0.1, -0.05) is 0 Å². The summed E-state index contributed by atoms with van der Waals surface area (Å²) in [5, 5.41) is 18.1. The van der Waals surface area contributed by atoms with Crippen molar-refractivity contribution in [3.8, 4) is 5.75 Å². The number of anilines is 2. The Bertz CT molecular complexity index is 1220. The van der Waals surface area contributed by atoms with Crippen LogP contribution in [0.1, 0.15) is 10.4 Å². The van der Waals surface area contributed by atoms with E-state index in [2.05, 4.69) is 20.4 Å². The summed E-state index contributed by atoms with van der Waals surface area (Å²) in [6.45, 7) is 0. The Morgan fingerprint density at radius 3 is 3.14 bits per heavy atom. The van der Waals surface area contributed by atoms with Crippen molar-refractivity contribution in [1.29, 1.82) is 0 Å². The summed E-state index contributed by atoms with van der Waals surface area (Å²) in [6, 6.07) is 3.89. The molecule has 0 fully saturated rings. The van der Waals surface area contributed by atoms with E-state index in [1.807, 2.05) is 18.3 Å². The van der Waals surface area contributed by atoms with Crippen molar-refractivity contribution in [2.75, 3.05) is 16.9 Å². The topological polar surface area (TPSA) is 102 Å². The van der Waals surface area contributed by atoms with Crippen molar-refractivity contribution >= 4 is 62.4 Å². The Kier molecular flexibility index (Phi) is 4.31. The fourth-order valence-electron chi connectivity index (χ4n) is 3.40. The van der Waals surface area contributed by atoms with Gasteiger partial charge in [-0.3, -0.25) is 0 Å². The monoisotopic (exact) mass is 509 g/mol. The van der Waals surface area contributed by atoms with Crippen LogP contribution in [0.2, 0.25) is 0 Å². The predicted molar refractivity (Wildman–Crippen MR) is 117 cm³/mol. The number of nitrogens with one attached hydrogen (secondary N) is 1. The number of rotatable bonds is 4. The molecule has 0 bridgehead atoms. The van der Waals surface area contributed by atoms with Gasteiger partial charge in [-0.2, -0.15) is 0 Å². The summed E-state index contributed by atoms with van der Waals surface area (Å²) in [7, 11) is 1.62. The summed E-state index contributed by atoms with van der Waals surface area (Å²) in [5.74, 6) is 1.38. The van der Waals surface area contributed by atoms with Crippen molar-refractivity contribution < 1.29 is 14.6 Å². The first-order valence-corrected chi connectivity index (χ1v) is 13.5. The average Bonchev–Trinajstić information content (AvgIpc) is 3.30. The van der Waals surface area contributed by atoms with Crippen LogP contribution in [0.5, 0.6) is 5.75 Å². The average molecular weight is 509 g/mol. The molecule has 0 unspecified atom stereocenters. The number of aryl methyl sites for hydroxylation is 1. The fourth-order valence-corrected chi connectivity index (χ4v) is 9.44. The molecule has 28 heavy (non-hydrogen) atoms. The van der Waals surface area contributed by atoms with Crippen molar-refractivity contribution in [2.45, 2.75) is 10.8 Å². The van der Waals surface area contributed by atoms with Gasteiger partial charge in [-0.15, -0.1) is 0 Å². The van der Waals surface area contributed by atoms with E-state index in [-0.39, 0.29) is 0 Å². The minimum atomic E-state index is -1.97. The van der Waals surface area contributed by atoms with E-state index in [9.17, 15) is 9.90 Å². The van der Waals surface area contributed by atoms with E-state index in [1.54, 1.807) is 35.5 Å². The first kappa shape index (κ1) is 17.6. The van der Waals surface area contributed by atoms with Crippen LogP contribution in [-0.2, 0) is 10.8 Å². The van der Waals surface area contributed by atoms with Crippen LogP contribution in [0.15, 0.2) is 30.9 Å².